The minimum absolute atomic E-state index is 0.0242. The van der Waals surface area contributed by atoms with Crippen LogP contribution in [0.15, 0.2) is 42.5 Å². The highest BCUT2D eigenvalue weighted by molar-refractivity contribution is 5.72. The Hall–Kier alpha value is -3.26. The average molecular weight is 535 g/mol. The maximum atomic E-state index is 15.0. The molecule has 1 unspecified atom stereocenters. The van der Waals surface area contributed by atoms with Crippen LogP contribution in [0.4, 0.5) is 26.3 Å². The van der Waals surface area contributed by atoms with Crippen LogP contribution in [-0.4, -0.2) is 12.7 Å². The van der Waals surface area contributed by atoms with Crippen molar-refractivity contribution in [3.05, 3.63) is 94.1 Å². The highest BCUT2D eigenvalue weighted by Gasteiger charge is 2.24. The van der Waals surface area contributed by atoms with Gasteiger partial charge in [-0.15, -0.1) is 0 Å². The van der Waals surface area contributed by atoms with E-state index in [1.54, 1.807) is 19.1 Å². The number of hydrogen-bond acceptors (Lipinski definition) is 2. The smallest absolute Gasteiger partial charge is 0.201 e. The first-order valence-electron chi connectivity index (χ1n) is 12.6. The van der Waals surface area contributed by atoms with Crippen LogP contribution in [0.2, 0.25) is 0 Å². The van der Waals surface area contributed by atoms with Gasteiger partial charge < -0.3 is 9.47 Å². The number of benzene rings is 3. The van der Waals surface area contributed by atoms with E-state index in [1.807, 2.05) is 6.92 Å². The molecule has 2 nitrogen and oxygen atoms in total. The van der Waals surface area contributed by atoms with Crippen molar-refractivity contribution in [2.75, 3.05) is 6.61 Å². The van der Waals surface area contributed by atoms with Crippen molar-refractivity contribution in [1.82, 2.24) is 0 Å². The third kappa shape index (κ3) is 5.60. The number of rotatable bonds is 9. The van der Waals surface area contributed by atoms with Crippen LogP contribution in [0.25, 0.3) is 16.7 Å². The molecule has 0 fully saturated rings. The molecule has 3 aromatic carbocycles. The first-order valence-corrected chi connectivity index (χ1v) is 12.6. The Labute approximate surface area is 217 Å². The predicted octanol–water partition coefficient (Wildman–Crippen LogP) is 8.69. The third-order valence-electron chi connectivity index (χ3n) is 6.66. The molecule has 38 heavy (non-hydrogen) atoms. The zero-order valence-electron chi connectivity index (χ0n) is 21.2. The van der Waals surface area contributed by atoms with Crippen molar-refractivity contribution < 1.29 is 35.8 Å². The van der Waals surface area contributed by atoms with Gasteiger partial charge in [-0.05, 0) is 55.9 Å². The molecule has 0 saturated heterocycles. The molecule has 0 bridgehead atoms. The molecule has 0 heterocycles. The standard InChI is InChI=1S/C30H28F6O2/c1-3-5-18-6-7-19(26(32)25(18)31)16-38-20-10-8-17(9-11-20)21-12-13-22(28(34)27(21)33)23-14-15-24(37-4-2)30(36)29(23)35/h6-8,12-15,20H,3-5,9-11,16H2,1-2H3. The first-order chi connectivity index (χ1) is 18.3. The highest BCUT2D eigenvalue weighted by Crippen LogP contribution is 2.36. The molecule has 0 radical (unpaired) electrons. The van der Waals surface area contributed by atoms with E-state index in [2.05, 4.69) is 0 Å². The van der Waals surface area contributed by atoms with Crippen molar-refractivity contribution in [3.63, 3.8) is 0 Å². The molecule has 0 saturated carbocycles. The molecule has 202 valence electrons. The number of aryl methyl sites for hydroxylation is 1. The summed E-state index contributed by atoms with van der Waals surface area (Å²) < 4.78 is 98.2. The molecule has 1 aliphatic rings. The van der Waals surface area contributed by atoms with Gasteiger partial charge in [-0.25, -0.2) is 22.0 Å². The Balaban J connectivity index is 1.46. The van der Waals surface area contributed by atoms with Crippen molar-refractivity contribution in [3.8, 4) is 16.9 Å². The summed E-state index contributed by atoms with van der Waals surface area (Å²) in [5.41, 5.74) is 0.214. The highest BCUT2D eigenvalue weighted by atomic mass is 19.2. The fraction of sp³-hybridized carbons (Fsp3) is 0.333. The average Bonchev–Trinajstić information content (AvgIpc) is 2.92. The van der Waals surface area contributed by atoms with E-state index in [0.717, 1.165) is 6.07 Å². The summed E-state index contributed by atoms with van der Waals surface area (Å²) in [5, 5.41) is 0. The molecular weight excluding hydrogens is 506 g/mol. The Kier molecular flexibility index (Phi) is 8.82. The Morgan fingerprint density at radius 3 is 1.97 bits per heavy atom. The SMILES string of the molecule is CCCc1ccc(COC2CC=C(c3ccc(-c4ccc(OCC)c(F)c4F)c(F)c3F)CC2)c(F)c1F. The lowest BCUT2D eigenvalue weighted by Crippen LogP contribution is -2.16. The summed E-state index contributed by atoms with van der Waals surface area (Å²) in [6.45, 7) is 3.51. The van der Waals surface area contributed by atoms with Crippen molar-refractivity contribution in [1.29, 1.82) is 0 Å². The van der Waals surface area contributed by atoms with E-state index >= 15 is 4.39 Å². The molecule has 1 aliphatic carbocycles. The number of hydrogen-bond donors (Lipinski definition) is 0. The van der Waals surface area contributed by atoms with Gasteiger partial charge in [0.05, 0.1) is 19.3 Å². The van der Waals surface area contributed by atoms with Crippen LogP contribution in [0.3, 0.4) is 0 Å². The van der Waals surface area contributed by atoms with Gasteiger partial charge in [0.25, 0.3) is 0 Å². The van der Waals surface area contributed by atoms with Gasteiger partial charge >= 0.3 is 0 Å². The Bertz CT molecular complexity index is 1350. The predicted molar refractivity (Wildman–Crippen MR) is 134 cm³/mol. The summed E-state index contributed by atoms with van der Waals surface area (Å²) >= 11 is 0. The zero-order chi connectivity index (χ0) is 27.4. The second-order valence-corrected chi connectivity index (χ2v) is 9.16. The quantitative estimate of drug-likeness (QED) is 0.256. The lowest BCUT2D eigenvalue weighted by atomic mass is 9.90. The Morgan fingerprint density at radius 1 is 0.711 bits per heavy atom. The molecule has 0 N–H and O–H groups in total. The molecule has 0 amide bonds. The molecule has 3 aromatic rings. The van der Waals surface area contributed by atoms with Crippen LogP contribution < -0.4 is 4.74 Å². The van der Waals surface area contributed by atoms with Crippen LogP contribution in [-0.2, 0) is 17.8 Å². The maximum Gasteiger partial charge on any atom is 0.201 e. The van der Waals surface area contributed by atoms with Gasteiger partial charge in [-0.3, -0.25) is 0 Å². The summed E-state index contributed by atoms with van der Waals surface area (Å²) in [5.74, 6) is -7.11. The molecule has 0 aromatic heterocycles. The Morgan fingerprint density at radius 2 is 1.32 bits per heavy atom. The van der Waals surface area contributed by atoms with E-state index in [1.165, 1.54) is 24.3 Å². The number of allylic oxidation sites excluding steroid dienone is 1. The monoisotopic (exact) mass is 534 g/mol. The fourth-order valence-electron chi connectivity index (χ4n) is 4.63. The lowest BCUT2D eigenvalue weighted by molar-refractivity contribution is 0.0342. The molecule has 1 atom stereocenters. The summed E-state index contributed by atoms with van der Waals surface area (Å²) in [4.78, 5) is 0. The topological polar surface area (TPSA) is 18.5 Å². The van der Waals surface area contributed by atoms with E-state index in [4.69, 9.17) is 9.47 Å². The van der Waals surface area contributed by atoms with Gasteiger partial charge in [-0.2, -0.15) is 4.39 Å². The van der Waals surface area contributed by atoms with Gasteiger partial charge in [-0.1, -0.05) is 43.7 Å². The third-order valence-corrected chi connectivity index (χ3v) is 6.66. The normalized spacial score (nSPS) is 15.5. The molecular formula is C30H28F6O2. The number of ether oxygens (including phenoxy) is 2. The van der Waals surface area contributed by atoms with E-state index in [9.17, 15) is 22.0 Å². The summed E-state index contributed by atoms with van der Waals surface area (Å²) in [7, 11) is 0. The minimum atomic E-state index is -1.32. The van der Waals surface area contributed by atoms with Crippen LogP contribution in [0.1, 0.15) is 56.2 Å². The van der Waals surface area contributed by atoms with Crippen LogP contribution in [0, 0.1) is 34.9 Å². The molecule has 4 rings (SSSR count). The summed E-state index contributed by atoms with van der Waals surface area (Å²) in [6, 6.07) is 7.96. The second-order valence-electron chi connectivity index (χ2n) is 9.16. The van der Waals surface area contributed by atoms with E-state index in [0.29, 0.717) is 43.2 Å². The van der Waals surface area contributed by atoms with Gasteiger partial charge in [0.15, 0.2) is 34.8 Å². The van der Waals surface area contributed by atoms with Gasteiger partial charge in [0.1, 0.15) is 0 Å². The second kappa shape index (κ2) is 12.1. The maximum absolute atomic E-state index is 15.0. The summed E-state index contributed by atoms with van der Waals surface area (Å²) in [6.07, 6.45) is 3.75. The molecule has 0 spiro atoms. The van der Waals surface area contributed by atoms with Crippen molar-refractivity contribution in [2.24, 2.45) is 0 Å². The molecule has 0 aliphatic heterocycles. The zero-order valence-corrected chi connectivity index (χ0v) is 21.2. The van der Waals surface area contributed by atoms with Gasteiger partial charge in [0, 0.05) is 22.3 Å². The van der Waals surface area contributed by atoms with Gasteiger partial charge in [0.2, 0.25) is 5.82 Å². The van der Waals surface area contributed by atoms with E-state index in [-0.39, 0.29) is 36.2 Å². The number of halogens is 6. The van der Waals surface area contributed by atoms with Crippen LogP contribution in [0.5, 0.6) is 5.75 Å². The van der Waals surface area contributed by atoms with Crippen molar-refractivity contribution in [2.45, 2.75) is 58.7 Å². The fourth-order valence-corrected chi connectivity index (χ4v) is 4.63. The van der Waals surface area contributed by atoms with Crippen molar-refractivity contribution >= 4 is 5.57 Å². The lowest BCUT2D eigenvalue weighted by Gasteiger charge is -2.23. The largest absolute Gasteiger partial charge is 0.491 e. The van der Waals surface area contributed by atoms with E-state index < -0.39 is 46.0 Å². The van der Waals surface area contributed by atoms with Crippen LogP contribution >= 0.6 is 0 Å². The minimum Gasteiger partial charge on any atom is -0.491 e. The first kappa shape index (κ1) is 27.8. The molecule has 8 heteroatoms.